The van der Waals surface area contributed by atoms with Crippen molar-refractivity contribution >= 4 is 11.8 Å². The number of carbonyl (C=O) groups excluding carboxylic acids is 1. The maximum Gasteiger partial charge on any atom is 0.407 e. The number of anilines is 1. The van der Waals surface area contributed by atoms with Crippen LogP contribution in [0.15, 0.2) is 48.2 Å². The van der Waals surface area contributed by atoms with Crippen LogP contribution < -0.4 is 15.0 Å². The van der Waals surface area contributed by atoms with Crippen LogP contribution in [0, 0.1) is 12.8 Å². The molecule has 0 aromatic heterocycles. The molecule has 4 rings (SSSR count). The van der Waals surface area contributed by atoms with Gasteiger partial charge in [0.15, 0.2) is 0 Å². The summed E-state index contributed by atoms with van der Waals surface area (Å²) in [6.07, 6.45) is 10.1. The van der Waals surface area contributed by atoms with Crippen molar-refractivity contribution < 1.29 is 19.0 Å². The van der Waals surface area contributed by atoms with Crippen molar-refractivity contribution in [2.24, 2.45) is 5.92 Å². The molecule has 3 aliphatic heterocycles. The molecule has 1 amide bonds. The van der Waals surface area contributed by atoms with Gasteiger partial charge in [-0.05, 0) is 63.6 Å². The molecule has 5 atom stereocenters. The Labute approximate surface area is 210 Å². The van der Waals surface area contributed by atoms with E-state index in [1.54, 1.807) is 7.11 Å². The molecular weight excluding hydrogens is 440 g/mol. The first-order valence-corrected chi connectivity index (χ1v) is 12.7. The lowest BCUT2D eigenvalue weighted by atomic mass is 9.86. The average Bonchev–Trinajstić information content (AvgIpc) is 3.49. The van der Waals surface area contributed by atoms with Gasteiger partial charge in [0.2, 0.25) is 0 Å². The minimum atomic E-state index is -0.329. The van der Waals surface area contributed by atoms with Crippen LogP contribution in [0.4, 0.5) is 10.5 Å². The molecule has 6 nitrogen and oxygen atoms in total. The summed E-state index contributed by atoms with van der Waals surface area (Å²) >= 11 is 0. The molecular formula is C29H40N2O4. The van der Waals surface area contributed by atoms with Crippen LogP contribution in [0.5, 0.6) is 5.75 Å². The number of methoxy groups -OCH3 is 1. The highest BCUT2D eigenvalue weighted by Gasteiger charge is 2.57. The largest absolute Gasteiger partial charge is 0.494 e. The Hall–Kier alpha value is -2.73. The minimum Gasteiger partial charge on any atom is -0.494 e. The van der Waals surface area contributed by atoms with Gasteiger partial charge in [-0.3, -0.25) is 0 Å². The van der Waals surface area contributed by atoms with Gasteiger partial charge >= 0.3 is 6.09 Å². The molecule has 3 aliphatic rings. The number of fused-ring (bicyclic) bond motifs is 5. The standard InChI is InChI=1S/C29H40N2O4/c1-18-10-8-9-11-23-17-25(34-28(32)30-23)21(4)27-29(5,35-27)13-12-20(3)31(6)24-16-22(14-18)15-19(2)26(24)33-7/h8-10,15-16,21,23,25,27H,3,11-14,17H2,1-2,4-7H3,(H,30,32)/b9-8+,18-10+/t21-,23?,25?,27+,29+/m1/s1. The summed E-state index contributed by atoms with van der Waals surface area (Å²) in [5, 5.41) is 2.98. The van der Waals surface area contributed by atoms with Crippen molar-refractivity contribution in [3.05, 3.63) is 59.3 Å². The molecule has 4 bridgehead atoms. The van der Waals surface area contributed by atoms with E-state index in [1.807, 2.05) is 0 Å². The lowest BCUT2D eigenvalue weighted by molar-refractivity contribution is 0.0221. The first kappa shape index (κ1) is 25.4. The number of alkyl carbamates (subject to hydrolysis) is 1. The van der Waals surface area contributed by atoms with Gasteiger partial charge in [-0.2, -0.15) is 0 Å². The number of nitrogens with zero attached hydrogens (tertiary/aromatic N) is 1. The fraction of sp³-hybridized carbons (Fsp3) is 0.552. The number of hydrogen-bond donors (Lipinski definition) is 1. The van der Waals surface area contributed by atoms with Crippen LogP contribution in [0.3, 0.4) is 0 Å². The first-order chi connectivity index (χ1) is 16.6. The Morgan fingerprint density at radius 1 is 1.29 bits per heavy atom. The molecule has 0 saturated carbocycles. The van der Waals surface area contributed by atoms with Crippen LogP contribution in [-0.2, 0) is 15.9 Å². The van der Waals surface area contributed by atoms with Crippen molar-refractivity contribution in [1.29, 1.82) is 0 Å². The van der Waals surface area contributed by atoms with E-state index in [4.69, 9.17) is 14.2 Å². The first-order valence-electron chi connectivity index (χ1n) is 12.7. The van der Waals surface area contributed by atoms with E-state index in [1.165, 1.54) is 11.1 Å². The van der Waals surface area contributed by atoms with Gasteiger partial charge in [-0.1, -0.05) is 43.4 Å². The van der Waals surface area contributed by atoms with Gasteiger partial charge < -0.3 is 24.4 Å². The number of amides is 1. The number of ether oxygens (including phenoxy) is 3. The van der Waals surface area contributed by atoms with Crippen LogP contribution >= 0.6 is 0 Å². The Morgan fingerprint density at radius 3 is 2.80 bits per heavy atom. The third-order valence-corrected chi connectivity index (χ3v) is 7.79. The van der Waals surface area contributed by atoms with Gasteiger partial charge in [0.1, 0.15) is 11.9 Å². The molecule has 1 aromatic carbocycles. The number of rotatable bonds is 1. The van der Waals surface area contributed by atoms with Gasteiger partial charge in [-0.25, -0.2) is 4.79 Å². The molecule has 2 unspecified atom stereocenters. The number of benzene rings is 1. The second kappa shape index (κ2) is 10.1. The fourth-order valence-corrected chi connectivity index (χ4v) is 5.55. The smallest absolute Gasteiger partial charge is 0.407 e. The zero-order chi connectivity index (χ0) is 25.3. The molecule has 2 fully saturated rings. The van der Waals surface area contributed by atoms with E-state index in [-0.39, 0.29) is 35.9 Å². The predicted molar refractivity (Wildman–Crippen MR) is 140 cm³/mol. The highest BCUT2D eigenvalue weighted by atomic mass is 16.6. The van der Waals surface area contributed by atoms with Gasteiger partial charge in [0.05, 0.1) is 24.5 Å². The van der Waals surface area contributed by atoms with Crippen molar-refractivity contribution in [3.63, 3.8) is 0 Å². The highest BCUT2D eigenvalue weighted by molar-refractivity contribution is 5.69. The van der Waals surface area contributed by atoms with Gasteiger partial charge in [0.25, 0.3) is 0 Å². The SMILES string of the molecule is C=C1CC[C@]2(C)O[C@H]2[C@H](C)C2CC(C/C=C/C=C(\C)Cc3cc(C)c(OC)c(c3)N1C)NC(=O)O2. The molecule has 0 aliphatic carbocycles. The normalized spacial score (nSPS) is 34.1. The maximum absolute atomic E-state index is 12.2. The van der Waals surface area contributed by atoms with Crippen LogP contribution in [0.25, 0.3) is 0 Å². The van der Waals surface area contributed by atoms with E-state index < -0.39 is 0 Å². The Morgan fingerprint density at radius 2 is 2.06 bits per heavy atom. The second-order valence-electron chi connectivity index (χ2n) is 10.7. The quantitative estimate of drug-likeness (QED) is 0.512. The Kier molecular flexibility index (Phi) is 7.32. The predicted octanol–water partition coefficient (Wildman–Crippen LogP) is 5.84. The number of aryl methyl sites for hydroxylation is 1. The molecule has 2 saturated heterocycles. The van der Waals surface area contributed by atoms with Crippen LogP contribution in [-0.4, -0.2) is 44.1 Å². The topological polar surface area (TPSA) is 63.3 Å². The maximum atomic E-state index is 12.2. The van der Waals surface area contributed by atoms with E-state index in [2.05, 4.69) is 81.9 Å². The molecule has 0 spiro atoms. The second-order valence-corrected chi connectivity index (χ2v) is 10.7. The Balaban J connectivity index is 1.64. The van der Waals surface area contributed by atoms with Crippen LogP contribution in [0.2, 0.25) is 0 Å². The van der Waals surface area contributed by atoms with E-state index >= 15 is 0 Å². The summed E-state index contributed by atoms with van der Waals surface area (Å²) in [6, 6.07) is 4.48. The van der Waals surface area contributed by atoms with E-state index in [0.717, 1.165) is 54.8 Å². The third kappa shape index (κ3) is 5.58. The monoisotopic (exact) mass is 480 g/mol. The molecule has 0 radical (unpaired) electrons. The summed E-state index contributed by atoms with van der Waals surface area (Å²) < 4.78 is 17.7. The lowest BCUT2D eigenvalue weighted by Crippen LogP contribution is -2.48. The average molecular weight is 481 g/mol. The summed E-state index contributed by atoms with van der Waals surface area (Å²) in [5.74, 6) is 1.01. The van der Waals surface area contributed by atoms with Crippen molar-refractivity contribution in [1.82, 2.24) is 5.32 Å². The number of carbonyl (C=O) groups is 1. The van der Waals surface area contributed by atoms with E-state index in [0.29, 0.717) is 0 Å². The van der Waals surface area contributed by atoms with E-state index in [9.17, 15) is 4.79 Å². The molecule has 6 heteroatoms. The zero-order valence-corrected chi connectivity index (χ0v) is 22.0. The Bertz CT molecular complexity index is 1050. The molecule has 3 heterocycles. The number of hydrogen-bond acceptors (Lipinski definition) is 5. The highest BCUT2D eigenvalue weighted by Crippen LogP contribution is 2.47. The van der Waals surface area contributed by atoms with Crippen molar-refractivity contribution in [2.75, 3.05) is 19.1 Å². The molecule has 1 aromatic rings. The lowest BCUT2D eigenvalue weighted by Gasteiger charge is -2.33. The molecule has 190 valence electrons. The summed E-state index contributed by atoms with van der Waals surface area (Å²) in [4.78, 5) is 14.4. The van der Waals surface area contributed by atoms with Gasteiger partial charge in [0, 0.05) is 31.1 Å². The van der Waals surface area contributed by atoms with Crippen molar-refractivity contribution in [3.8, 4) is 5.75 Å². The number of epoxide rings is 1. The van der Waals surface area contributed by atoms with Gasteiger partial charge in [-0.15, -0.1) is 0 Å². The molecule has 1 N–H and O–H groups in total. The van der Waals surface area contributed by atoms with Crippen LogP contribution in [0.1, 0.15) is 57.6 Å². The number of allylic oxidation sites excluding steroid dienone is 4. The molecule has 35 heavy (non-hydrogen) atoms. The summed E-state index contributed by atoms with van der Waals surface area (Å²) in [7, 11) is 3.78. The summed E-state index contributed by atoms with van der Waals surface area (Å²) in [6.45, 7) is 12.9. The zero-order valence-electron chi connectivity index (χ0n) is 22.0. The van der Waals surface area contributed by atoms with Crippen molar-refractivity contribution in [2.45, 2.75) is 83.6 Å². The fourth-order valence-electron chi connectivity index (χ4n) is 5.55. The summed E-state index contributed by atoms with van der Waals surface area (Å²) in [5.41, 5.74) is 5.44. The minimum absolute atomic E-state index is 0.0699. The third-order valence-electron chi connectivity index (χ3n) is 7.79. The number of nitrogens with one attached hydrogen (secondary N) is 1.